The standard InChI is InChI=1S/C20H30N6O2/c1-14(2)18-23-17(28-24-18)13-25-8-10-26(11-9-25)15-6-7-16(21-12-15)22-19(27)20(3,4)5/h6-7,12,14H,8-11,13H2,1-5H3,(H,21,22,27). The molecule has 0 aliphatic carbocycles. The maximum atomic E-state index is 12.1. The van der Waals surface area contributed by atoms with Crippen molar-refractivity contribution >= 4 is 17.4 Å². The van der Waals surface area contributed by atoms with Gasteiger partial charge in [-0.2, -0.15) is 4.98 Å². The molecule has 2 aromatic rings. The number of hydrogen-bond donors (Lipinski definition) is 1. The highest BCUT2D eigenvalue weighted by molar-refractivity contribution is 5.93. The van der Waals surface area contributed by atoms with Crippen molar-refractivity contribution in [1.29, 1.82) is 0 Å². The molecule has 0 atom stereocenters. The van der Waals surface area contributed by atoms with E-state index in [1.54, 1.807) is 0 Å². The van der Waals surface area contributed by atoms with Gasteiger partial charge in [0.05, 0.1) is 18.4 Å². The van der Waals surface area contributed by atoms with Gasteiger partial charge in [0.15, 0.2) is 5.82 Å². The number of hydrogen-bond acceptors (Lipinski definition) is 7. The minimum atomic E-state index is -0.440. The normalized spacial score (nSPS) is 15.9. The first-order valence-corrected chi connectivity index (χ1v) is 9.79. The first-order chi connectivity index (χ1) is 13.2. The first kappa shape index (κ1) is 20.3. The van der Waals surface area contributed by atoms with E-state index in [4.69, 9.17) is 4.52 Å². The molecule has 0 saturated carbocycles. The molecule has 0 unspecified atom stereocenters. The second-order valence-electron chi connectivity index (χ2n) is 8.57. The SMILES string of the molecule is CC(C)c1noc(CN2CCN(c3ccc(NC(=O)C(C)(C)C)nc3)CC2)n1. The van der Waals surface area contributed by atoms with Gasteiger partial charge in [-0.15, -0.1) is 0 Å². The molecule has 0 spiro atoms. The number of piperazine rings is 1. The molecule has 8 nitrogen and oxygen atoms in total. The summed E-state index contributed by atoms with van der Waals surface area (Å²) in [5.41, 5.74) is 0.624. The van der Waals surface area contributed by atoms with E-state index in [2.05, 4.69) is 44.1 Å². The number of amides is 1. The number of nitrogens with one attached hydrogen (secondary N) is 1. The lowest BCUT2D eigenvalue weighted by Crippen LogP contribution is -2.46. The highest BCUT2D eigenvalue weighted by Crippen LogP contribution is 2.20. The van der Waals surface area contributed by atoms with E-state index in [1.165, 1.54) is 0 Å². The zero-order chi connectivity index (χ0) is 20.3. The van der Waals surface area contributed by atoms with Crippen LogP contribution in [0.2, 0.25) is 0 Å². The van der Waals surface area contributed by atoms with E-state index >= 15 is 0 Å². The number of rotatable bonds is 5. The molecular weight excluding hydrogens is 356 g/mol. The second-order valence-corrected chi connectivity index (χ2v) is 8.57. The van der Waals surface area contributed by atoms with Crippen molar-refractivity contribution in [3.05, 3.63) is 30.0 Å². The fraction of sp³-hybridized carbons (Fsp3) is 0.600. The van der Waals surface area contributed by atoms with Crippen LogP contribution >= 0.6 is 0 Å². The van der Waals surface area contributed by atoms with Gasteiger partial charge in [0.1, 0.15) is 5.82 Å². The Morgan fingerprint density at radius 1 is 1.21 bits per heavy atom. The molecule has 1 fully saturated rings. The van der Waals surface area contributed by atoms with Crippen molar-refractivity contribution < 1.29 is 9.32 Å². The number of pyridine rings is 1. The molecule has 0 aromatic carbocycles. The molecule has 3 heterocycles. The van der Waals surface area contributed by atoms with Crippen molar-refractivity contribution in [3.63, 3.8) is 0 Å². The molecule has 152 valence electrons. The number of aromatic nitrogens is 3. The predicted octanol–water partition coefficient (Wildman–Crippen LogP) is 2.89. The fourth-order valence-corrected chi connectivity index (χ4v) is 2.87. The molecule has 1 amide bonds. The van der Waals surface area contributed by atoms with Crippen LogP contribution in [-0.2, 0) is 11.3 Å². The summed E-state index contributed by atoms with van der Waals surface area (Å²) >= 11 is 0. The van der Waals surface area contributed by atoms with E-state index in [0.717, 1.165) is 37.7 Å². The Labute approximate surface area is 166 Å². The molecule has 28 heavy (non-hydrogen) atoms. The van der Waals surface area contributed by atoms with Crippen molar-refractivity contribution in [3.8, 4) is 0 Å². The lowest BCUT2D eigenvalue weighted by atomic mass is 9.96. The largest absolute Gasteiger partial charge is 0.368 e. The third-order valence-electron chi connectivity index (χ3n) is 4.77. The van der Waals surface area contributed by atoms with E-state index in [-0.39, 0.29) is 11.8 Å². The Kier molecular flexibility index (Phi) is 5.98. The monoisotopic (exact) mass is 386 g/mol. The first-order valence-electron chi connectivity index (χ1n) is 9.79. The fourth-order valence-electron chi connectivity index (χ4n) is 2.87. The van der Waals surface area contributed by atoms with E-state index in [9.17, 15) is 4.79 Å². The molecule has 8 heteroatoms. The van der Waals surface area contributed by atoms with E-state index < -0.39 is 5.41 Å². The highest BCUT2D eigenvalue weighted by Gasteiger charge is 2.22. The molecular formula is C20H30N6O2. The minimum Gasteiger partial charge on any atom is -0.368 e. The van der Waals surface area contributed by atoms with Gasteiger partial charge in [0.25, 0.3) is 0 Å². The maximum Gasteiger partial charge on any atom is 0.240 e. The average molecular weight is 387 g/mol. The smallest absolute Gasteiger partial charge is 0.240 e. The average Bonchev–Trinajstić information content (AvgIpc) is 3.11. The number of anilines is 2. The Bertz CT molecular complexity index is 786. The van der Waals surface area contributed by atoms with Crippen LogP contribution in [0.25, 0.3) is 0 Å². The summed E-state index contributed by atoms with van der Waals surface area (Å²) in [6.07, 6.45) is 1.82. The molecule has 2 aromatic heterocycles. The van der Waals surface area contributed by atoms with Crippen LogP contribution in [0.15, 0.2) is 22.9 Å². The van der Waals surface area contributed by atoms with Crippen LogP contribution in [-0.4, -0.2) is 52.1 Å². The Hall–Kier alpha value is -2.48. The maximum absolute atomic E-state index is 12.1. The van der Waals surface area contributed by atoms with E-state index in [1.807, 2.05) is 39.1 Å². The Morgan fingerprint density at radius 3 is 2.46 bits per heavy atom. The number of carbonyl (C=O) groups is 1. The summed E-state index contributed by atoms with van der Waals surface area (Å²) in [6, 6.07) is 3.87. The predicted molar refractivity (Wildman–Crippen MR) is 108 cm³/mol. The minimum absolute atomic E-state index is 0.0389. The number of nitrogens with zero attached hydrogens (tertiary/aromatic N) is 5. The lowest BCUT2D eigenvalue weighted by Gasteiger charge is -2.35. The molecule has 3 rings (SSSR count). The lowest BCUT2D eigenvalue weighted by molar-refractivity contribution is -0.123. The van der Waals surface area contributed by atoms with Gasteiger partial charge in [-0.05, 0) is 12.1 Å². The second kappa shape index (κ2) is 8.26. The quantitative estimate of drug-likeness (QED) is 0.845. The summed E-state index contributed by atoms with van der Waals surface area (Å²) in [7, 11) is 0. The number of carbonyl (C=O) groups excluding carboxylic acids is 1. The zero-order valence-electron chi connectivity index (χ0n) is 17.4. The summed E-state index contributed by atoms with van der Waals surface area (Å²) in [6.45, 7) is 14.1. The van der Waals surface area contributed by atoms with Crippen molar-refractivity contribution in [2.45, 2.75) is 47.1 Å². The van der Waals surface area contributed by atoms with Gasteiger partial charge in [-0.1, -0.05) is 39.8 Å². The molecule has 0 radical (unpaired) electrons. The molecule has 1 aliphatic heterocycles. The van der Waals surface area contributed by atoms with Gasteiger partial charge in [-0.25, -0.2) is 4.98 Å². The third kappa shape index (κ3) is 5.07. The van der Waals surface area contributed by atoms with Gasteiger partial charge < -0.3 is 14.7 Å². The third-order valence-corrected chi connectivity index (χ3v) is 4.77. The topological polar surface area (TPSA) is 87.4 Å². The highest BCUT2D eigenvalue weighted by atomic mass is 16.5. The van der Waals surface area contributed by atoms with Crippen LogP contribution in [0.5, 0.6) is 0 Å². The van der Waals surface area contributed by atoms with Gasteiger partial charge in [0.2, 0.25) is 11.8 Å². The van der Waals surface area contributed by atoms with Crippen LogP contribution < -0.4 is 10.2 Å². The Balaban J connectivity index is 1.51. The summed E-state index contributed by atoms with van der Waals surface area (Å²) in [5.74, 6) is 2.26. The van der Waals surface area contributed by atoms with Gasteiger partial charge in [0, 0.05) is 37.5 Å². The van der Waals surface area contributed by atoms with Crippen LogP contribution in [0.1, 0.15) is 52.3 Å². The van der Waals surface area contributed by atoms with Crippen molar-refractivity contribution in [2.75, 3.05) is 36.4 Å². The van der Waals surface area contributed by atoms with Crippen molar-refractivity contribution in [1.82, 2.24) is 20.0 Å². The molecule has 0 bridgehead atoms. The van der Waals surface area contributed by atoms with Crippen molar-refractivity contribution in [2.24, 2.45) is 5.41 Å². The summed E-state index contributed by atoms with van der Waals surface area (Å²) in [4.78, 5) is 25.5. The van der Waals surface area contributed by atoms with Crippen LogP contribution in [0.4, 0.5) is 11.5 Å². The van der Waals surface area contributed by atoms with Crippen LogP contribution in [0.3, 0.4) is 0 Å². The van der Waals surface area contributed by atoms with Gasteiger partial charge in [-0.3, -0.25) is 9.69 Å². The summed E-state index contributed by atoms with van der Waals surface area (Å²) in [5, 5.41) is 6.88. The molecule has 1 saturated heterocycles. The summed E-state index contributed by atoms with van der Waals surface area (Å²) < 4.78 is 5.35. The Morgan fingerprint density at radius 2 is 1.93 bits per heavy atom. The van der Waals surface area contributed by atoms with E-state index in [0.29, 0.717) is 18.3 Å². The zero-order valence-corrected chi connectivity index (χ0v) is 17.4. The molecule has 1 aliphatic rings. The van der Waals surface area contributed by atoms with Crippen LogP contribution in [0, 0.1) is 5.41 Å². The van der Waals surface area contributed by atoms with Gasteiger partial charge >= 0.3 is 0 Å². The molecule has 1 N–H and O–H groups in total.